The second-order valence-electron chi connectivity index (χ2n) is 6.22. The molecule has 2 aromatic carbocycles. The van der Waals surface area contributed by atoms with Gasteiger partial charge < -0.3 is 19.5 Å². The summed E-state index contributed by atoms with van der Waals surface area (Å²) in [6.07, 6.45) is 1.84. The van der Waals surface area contributed by atoms with Crippen LogP contribution in [0.15, 0.2) is 42.5 Å². The Morgan fingerprint density at radius 1 is 1.24 bits per heavy atom. The number of nitrogens with one attached hydrogen (secondary N) is 1. The Hall–Kier alpha value is -2.53. The van der Waals surface area contributed by atoms with Crippen LogP contribution >= 0.6 is 0 Å². The lowest BCUT2D eigenvalue weighted by Gasteiger charge is -2.26. The van der Waals surface area contributed by atoms with Gasteiger partial charge in [0.15, 0.2) is 11.5 Å². The minimum Gasteiger partial charge on any atom is -0.493 e. The number of anilines is 1. The molecule has 5 heteroatoms. The van der Waals surface area contributed by atoms with Crippen LogP contribution in [0.2, 0.25) is 0 Å². The lowest BCUT2D eigenvalue weighted by molar-refractivity contribution is -0.119. The molecule has 0 fully saturated rings. The molecule has 0 unspecified atom stereocenters. The van der Waals surface area contributed by atoms with E-state index in [4.69, 9.17) is 14.2 Å². The Morgan fingerprint density at radius 3 is 2.88 bits per heavy atom. The van der Waals surface area contributed by atoms with Crippen LogP contribution in [-0.2, 0) is 22.4 Å². The second-order valence-corrected chi connectivity index (χ2v) is 6.22. The Kier molecular flexibility index (Phi) is 5.56. The van der Waals surface area contributed by atoms with Crippen LogP contribution in [0, 0.1) is 5.92 Å². The van der Waals surface area contributed by atoms with E-state index in [2.05, 4.69) is 17.4 Å². The van der Waals surface area contributed by atoms with Gasteiger partial charge in [-0.3, -0.25) is 4.79 Å². The van der Waals surface area contributed by atoms with Crippen molar-refractivity contribution < 1.29 is 19.0 Å². The van der Waals surface area contributed by atoms with Crippen LogP contribution in [0.5, 0.6) is 11.5 Å². The molecule has 25 heavy (non-hydrogen) atoms. The van der Waals surface area contributed by atoms with Crippen molar-refractivity contribution in [1.82, 2.24) is 0 Å². The van der Waals surface area contributed by atoms with E-state index in [1.807, 2.05) is 30.3 Å². The van der Waals surface area contributed by atoms with Crippen molar-refractivity contribution in [3.63, 3.8) is 0 Å². The Morgan fingerprint density at radius 2 is 2.08 bits per heavy atom. The standard InChI is InChI=1S/C20H23NO4/c1-23-13-19(22)21-17-7-3-5-14(11-17)9-15-10-16-6-4-8-18(24-2)20(16)25-12-15/h3-8,11,15H,9-10,12-13H2,1-2H3,(H,21,22)/t15-/m0/s1. The predicted octanol–water partition coefficient (Wildman–Crippen LogP) is 3.07. The van der Waals surface area contributed by atoms with Crippen molar-refractivity contribution in [3.8, 4) is 11.5 Å². The zero-order valence-electron chi connectivity index (χ0n) is 14.6. The zero-order valence-corrected chi connectivity index (χ0v) is 14.6. The molecule has 0 spiro atoms. The summed E-state index contributed by atoms with van der Waals surface area (Å²) in [6, 6.07) is 13.9. The lowest BCUT2D eigenvalue weighted by atomic mass is 9.90. The number of methoxy groups -OCH3 is 2. The number of hydrogen-bond donors (Lipinski definition) is 1. The van der Waals surface area contributed by atoms with Crippen molar-refractivity contribution in [2.24, 2.45) is 5.92 Å². The van der Waals surface area contributed by atoms with E-state index in [0.717, 1.165) is 30.0 Å². The molecule has 1 aliphatic heterocycles. The zero-order chi connectivity index (χ0) is 17.6. The topological polar surface area (TPSA) is 56.8 Å². The quantitative estimate of drug-likeness (QED) is 0.877. The number of benzene rings is 2. The van der Waals surface area contributed by atoms with E-state index < -0.39 is 0 Å². The van der Waals surface area contributed by atoms with E-state index in [0.29, 0.717) is 12.5 Å². The third-order valence-electron chi connectivity index (χ3n) is 4.26. The van der Waals surface area contributed by atoms with Gasteiger partial charge in [-0.1, -0.05) is 24.3 Å². The SMILES string of the molecule is COCC(=O)Nc1cccc(C[C@@H]2COc3c(cccc3OC)C2)c1. The molecular formula is C20H23NO4. The Bertz CT molecular complexity index is 744. The van der Waals surface area contributed by atoms with Gasteiger partial charge in [0.1, 0.15) is 6.61 Å². The first-order valence-electron chi connectivity index (χ1n) is 8.36. The number of amides is 1. The molecular weight excluding hydrogens is 318 g/mol. The summed E-state index contributed by atoms with van der Waals surface area (Å²) in [4.78, 5) is 11.6. The number of rotatable bonds is 6. The Balaban J connectivity index is 1.66. The molecule has 1 amide bonds. The average Bonchev–Trinajstić information content (AvgIpc) is 2.61. The van der Waals surface area contributed by atoms with Crippen LogP contribution in [0.3, 0.4) is 0 Å². The summed E-state index contributed by atoms with van der Waals surface area (Å²) in [5.74, 6) is 1.90. The Labute approximate surface area is 147 Å². The van der Waals surface area contributed by atoms with E-state index in [9.17, 15) is 4.79 Å². The van der Waals surface area contributed by atoms with Crippen molar-refractivity contribution in [1.29, 1.82) is 0 Å². The number of fused-ring (bicyclic) bond motifs is 1. The molecule has 0 saturated carbocycles. The summed E-state index contributed by atoms with van der Waals surface area (Å²) in [6.45, 7) is 0.715. The molecule has 132 valence electrons. The molecule has 1 atom stereocenters. The van der Waals surface area contributed by atoms with Gasteiger partial charge in [0.05, 0.1) is 13.7 Å². The minimum absolute atomic E-state index is 0.0549. The molecule has 0 aliphatic carbocycles. The maximum atomic E-state index is 11.6. The van der Waals surface area contributed by atoms with Crippen LogP contribution in [0.4, 0.5) is 5.69 Å². The van der Waals surface area contributed by atoms with Crippen LogP contribution in [0.1, 0.15) is 11.1 Å². The molecule has 1 heterocycles. The van der Waals surface area contributed by atoms with Gasteiger partial charge in [0.2, 0.25) is 5.91 Å². The van der Waals surface area contributed by atoms with Crippen LogP contribution in [0.25, 0.3) is 0 Å². The molecule has 1 aliphatic rings. The monoisotopic (exact) mass is 341 g/mol. The highest BCUT2D eigenvalue weighted by atomic mass is 16.5. The second kappa shape index (κ2) is 8.03. The number of hydrogen-bond acceptors (Lipinski definition) is 4. The fourth-order valence-corrected chi connectivity index (χ4v) is 3.19. The summed E-state index contributed by atoms with van der Waals surface area (Å²) >= 11 is 0. The summed E-state index contributed by atoms with van der Waals surface area (Å²) in [5.41, 5.74) is 3.15. The molecule has 5 nitrogen and oxygen atoms in total. The molecule has 1 N–H and O–H groups in total. The summed E-state index contributed by atoms with van der Waals surface area (Å²) in [5, 5.41) is 2.84. The largest absolute Gasteiger partial charge is 0.493 e. The van der Waals surface area contributed by atoms with Gasteiger partial charge in [-0.05, 0) is 42.2 Å². The molecule has 0 saturated heterocycles. The summed E-state index contributed by atoms with van der Waals surface area (Å²) < 4.78 is 16.1. The molecule has 0 aromatic heterocycles. The van der Waals surface area contributed by atoms with Crippen molar-refractivity contribution in [3.05, 3.63) is 53.6 Å². The fourth-order valence-electron chi connectivity index (χ4n) is 3.19. The average molecular weight is 341 g/mol. The molecule has 2 aromatic rings. The van der Waals surface area contributed by atoms with Gasteiger partial charge in [0, 0.05) is 18.7 Å². The fraction of sp³-hybridized carbons (Fsp3) is 0.350. The smallest absolute Gasteiger partial charge is 0.250 e. The number of carbonyl (C=O) groups is 1. The lowest BCUT2D eigenvalue weighted by Crippen LogP contribution is -2.23. The molecule has 0 bridgehead atoms. The van der Waals surface area contributed by atoms with Crippen molar-refractivity contribution in [2.45, 2.75) is 12.8 Å². The van der Waals surface area contributed by atoms with Crippen molar-refractivity contribution >= 4 is 11.6 Å². The summed E-state index contributed by atoms with van der Waals surface area (Å²) in [7, 11) is 3.17. The first kappa shape index (κ1) is 17.3. The highest BCUT2D eigenvalue weighted by molar-refractivity contribution is 5.91. The maximum Gasteiger partial charge on any atom is 0.250 e. The first-order valence-corrected chi connectivity index (χ1v) is 8.36. The normalized spacial score (nSPS) is 15.8. The van der Waals surface area contributed by atoms with Gasteiger partial charge in [0.25, 0.3) is 0 Å². The molecule has 0 radical (unpaired) electrons. The minimum atomic E-state index is -0.151. The van der Waals surface area contributed by atoms with E-state index in [1.54, 1.807) is 7.11 Å². The van der Waals surface area contributed by atoms with E-state index in [-0.39, 0.29) is 12.5 Å². The van der Waals surface area contributed by atoms with E-state index in [1.165, 1.54) is 18.2 Å². The number of para-hydroxylation sites is 1. The van der Waals surface area contributed by atoms with Gasteiger partial charge in [-0.2, -0.15) is 0 Å². The third kappa shape index (κ3) is 4.31. The van der Waals surface area contributed by atoms with Crippen molar-refractivity contribution in [2.75, 3.05) is 32.8 Å². The van der Waals surface area contributed by atoms with Crippen LogP contribution in [-0.4, -0.2) is 33.3 Å². The highest BCUT2D eigenvalue weighted by Crippen LogP contribution is 2.36. The first-order chi connectivity index (χ1) is 12.2. The van der Waals surface area contributed by atoms with E-state index >= 15 is 0 Å². The van der Waals surface area contributed by atoms with Crippen LogP contribution < -0.4 is 14.8 Å². The maximum absolute atomic E-state index is 11.6. The van der Waals surface area contributed by atoms with Gasteiger partial charge in [-0.15, -0.1) is 0 Å². The third-order valence-corrected chi connectivity index (χ3v) is 4.26. The highest BCUT2D eigenvalue weighted by Gasteiger charge is 2.22. The number of ether oxygens (including phenoxy) is 3. The van der Waals surface area contributed by atoms with Gasteiger partial charge in [-0.25, -0.2) is 0 Å². The molecule has 3 rings (SSSR count). The predicted molar refractivity (Wildman–Crippen MR) is 96.3 cm³/mol. The van der Waals surface area contributed by atoms with Gasteiger partial charge >= 0.3 is 0 Å². The number of carbonyl (C=O) groups excluding carboxylic acids is 1.